The maximum absolute atomic E-state index is 12.9. The lowest BCUT2D eigenvalue weighted by molar-refractivity contribution is -0.134. The molecule has 10 heteroatoms. The second-order valence-corrected chi connectivity index (χ2v) is 9.47. The van der Waals surface area contributed by atoms with Crippen molar-refractivity contribution in [3.05, 3.63) is 92.3 Å². The molecule has 2 heterocycles. The fourth-order valence-corrected chi connectivity index (χ4v) is 5.16. The van der Waals surface area contributed by atoms with Gasteiger partial charge in [0.25, 0.3) is 0 Å². The maximum Gasteiger partial charge on any atom is 0.426 e. The van der Waals surface area contributed by atoms with Gasteiger partial charge < -0.3 is 5.11 Å². The number of aliphatic hydroxyl groups is 1. The van der Waals surface area contributed by atoms with Gasteiger partial charge in [-0.25, -0.2) is 0 Å². The van der Waals surface area contributed by atoms with E-state index in [4.69, 9.17) is 16.7 Å². The van der Waals surface area contributed by atoms with Crippen LogP contribution in [0.3, 0.4) is 0 Å². The van der Waals surface area contributed by atoms with Crippen LogP contribution in [-0.2, 0) is 24.8 Å². The Bertz CT molecular complexity index is 1100. The van der Waals surface area contributed by atoms with E-state index in [1.165, 1.54) is 12.1 Å². The Hall–Kier alpha value is -2.33. The molecule has 2 aromatic heterocycles. The molecule has 0 aliphatic rings. The van der Waals surface area contributed by atoms with Gasteiger partial charge in [0.15, 0.2) is 0 Å². The van der Waals surface area contributed by atoms with E-state index in [1.54, 1.807) is 60.7 Å². The van der Waals surface area contributed by atoms with Gasteiger partial charge in [0, 0.05) is 20.9 Å². The van der Waals surface area contributed by atoms with E-state index >= 15 is 0 Å². The molecule has 34 heavy (non-hydrogen) atoms. The summed E-state index contributed by atoms with van der Waals surface area (Å²) in [4.78, 5) is -0.402. The van der Waals surface area contributed by atoms with Crippen LogP contribution < -0.4 is 0 Å². The van der Waals surface area contributed by atoms with Gasteiger partial charge >= 0.3 is 12.4 Å². The molecule has 0 saturated carbocycles. The molecule has 0 radical (unpaired) electrons. The lowest BCUT2D eigenvalue weighted by atomic mass is 10.1. The number of halogens is 7. The number of benzene rings is 2. The molecule has 4 aromatic rings. The smallest absolute Gasteiger partial charge is 0.391 e. The van der Waals surface area contributed by atoms with Crippen LogP contribution >= 0.6 is 34.3 Å². The molecule has 0 unspecified atom stereocenters. The summed E-state index contributed by atoms with van der Waals surface area (Å²) in [5.41, 5.74) is 1.41. The summed E-state index contributed by atoms with van der Waals surface area (Å²) in [5.74, 6) is 0.0978. The van der Waals surface area contributed by atoms with E-state index in [-0.39, 0.29) is 23.6 Å². The zero-order valence-electron chi connectivity index (χ0n) is 17.3. The highest BCUT2D eigenvalue weighted by Crippen LogP contribution is 2.44. The van der Waals surface area contributed by atoms with Gasteiger partial charge in [-0.3, -0.25) is 0 Å². The third kappa shape index (κ3) is 6.41. The molecule has 1 N–H and O–H groups in total. The van der Waals surface area contributed by atoms with Gasteiger partial charge in [0.05, 0.1) is 12.5 Å². The summed E-state index contributed by atoms with van der Waals surface area (Å²) < 4.78 is 77.0. The summed E-state index contributed by atoms with van der Waals surface area (Å²) in [6.07, 6.45) is -8.72. The minimum Gasteiger partial charge on any atom is -0.391 e. The summed E-state index contributed by atoms with van der Waals surface area (Å²) in [5, 5.41) is 8.93. The molecule has 0 amide bonds. The highest BCUT2D eigenvalue weighted by atomic mass is 35.5. The molecule has 180 valence electrons. The van der Waals surface area contributed by atoms with Gasteiger partial charge in [-0.05, 0) is 23.3 Å². The average Bonchev–Trinajstić information content (AvgIpc) is 3.45. The first kappa shape index (κ1) is 26.3. The van der Waals surface area contributed by atoms with Crippen molar-refractivity contribution in [2.24, 2.45) is 0 Å². The molecular formula is C24H17ClF6OS2. The Balaban J connectivity index is 0.000000191. The van der Waals surface area contributed by atoms with Crippen molar-refractivity contribution in [1.82, 2.24) is 0 Å². The molecule has 0 spiro atoms. The quantitative estimate of drug-likeness (QED) is 0.204. The second-order valence-electron chi connectivity index (χ2n) is 6.93. The normalized spacial score (nSPS) is 11.8. The Morgan fingerprint density at radius 2 is 1.03 bits per heavy atom. The van der Waals surface area contributed by atoms with E-state index in [0.29, 0.717) is 43.6 Å². The fourth-order valence-electron chi connectivity index (χ4n) is 3.11. The SMILES string of the molecule is FC(F)(F)c1sc(CCl)cc1-c1ccccc1.OCc1cc(-c2ccccc2)c(C(F)(F)F)s1. The third-order valence-corrected chi connectivity index (χ3v) is 7.33. The molecule has 0 aliphatic heterocycles. The summed E-state index contributed by atoms with van der Waals surface area (Å²) >= 11 is 6.88. The van der Waals surface area contributed by atoms with Gasteiger partial charge in [-0.2, -0.15) is 26.3 Å². The van der Waals surface area contributed by atoms with Crippen molar-refractivity contribution in [3.8, 4) is 22.3 Å². The number of hydrogen-bond acceptors (Lipinski definition) is 3. The Kier molecular flexibility index (Phi) is 8.46. The number of hydrogen-bond donors (Lipinski definition) is 1. The molecule has 4 rings (SSSR count). The van der Waals surface area contributed by atoms with Crippen LogP contribution in [0.4, 0.5) is 26.3 Å². The van der Waals surface area contributed by atoms with Crippen molar-refractivity contribution in [3.63, 3.8) is 0 Å². The molecule has 0 fully saturated rings. The second kappa shape index (κ2) is 10.9. The third-order valence-electron chi connectivity index (χ3n) is 4.54. The van der Waals surface area contributed by atoms with Crippen LogP contribution in [0, 0.1) is 0 Å². The Labute approximate surface area is 204 Å². The Morgan fingerprint density at radius 1 is 0.647 bits per heavy atom. The molecule has 2 aromatic carbocycles. The zero-order valence-corrected chi connectivity index (χ0v) is 19.6. The van der Waals surface area contributed by atoms with Crippen molar-refractivity contribution in [2.75, 3.05) is 0 Å². The minimum atomic E-state index is -4.39. The lowest BCUT2D eigenvalue weighted by Gasteiger charge is -2.07. The van der Waals surface area contributed by atoms with Crippen LogP contribution in [-0.4, -0.2) is 5.11 Å². The maximum atomic E-state index is 12.9. The van der Waals surface area contributed by atoms with E-state index < -0.39 is 22.1 Å². The summed E-state index contributed by atoms with van der Waals surface area (Å²) in [6.45, 7) is -0.374. The predicted octanol–water partition coefficient (Wildman–Crippen LogP) is 9.10. The van der Waals surface area contributed by atoms with Crippen LogP contribution in [0.5, 0.6) is 0 Å². The zero-order chi connectivity index (χ0) is 24.9. The van der Waals surface area contributed by atoms with E-state index in [0.717, 1.165) is 0 Å². The highest BCUT2D eigenvalue weighted by molar-refractivity contribution is 7.13. The first-order valence-corrected chi connectivity index (χ1v) is 11.9. The lowest BCUT2D eigenvalue weighted by Crippen LogP contribution is -2.03. The van der Waals surface area contributed by atoms with Gasteiger partial charge in [-0.1, -0.05) is 60.7 Å². The Morgan fingerprint density at radius 3 is 1.38 bits per heavy atom. The van der Waals surface area contributed by atoms with Crippen LogP contribution in [0.2, 0.25) is 0 Å². The van der Waals surface area contributed by atoms with E-state index in [9.17, 15) is 26.3 Å². The standard InChI is InChI=1S/C12H8ClF3S.C12H9F3OS/c13-7-9-6-10(8-4-2-1-3-5-8)11(17-9)12(14,15)16;13-12(14,15)11-10(6-9(7-16)17-11)8-4-2-1-3-5-8/h1-6H,7H2;1-6,16H,7H2. The topological polar surface area (TPSA) is 20.2 Å². The predicted molar refractivity (Wildman–Crippen MR) is 125 cm³/mol. The monoisotopic (exact) mass is 534 g/mol. The largest absolute Gasteiger partial charge is 0.426 e. The molecule has 0 bridgehead atoms. The van der Waals surface area contributed by atoms with Gasteiger partial charge in [0.2, 0.25) is 0 Å². The van der Waals surface area contributed by atoms with E-state index in [2.05, 4.69) is 0 Å². The number of rotatable bonds is 4. The van der Waals surface area contributed by atoms with Crippen molar-refractivity contribution in [1.29, 1.82) is 0 Å². The molecule has 0 atom stereocenters. The minimum absolute atomic E-state index is 0.0978. The summed E-state index contributed by atoms with van der Waals surface area (Å²) in [6, 6.07) is 19.8. The van der Waals surface area contributed by atoms with Crippen molar-refractivity contribution >= 4 is 34.3 Å². The van der Waals surface area contributed by atoms with Gasteiger partial charge in [0.1, 0.15) is 9.75 Å². The number of thiophene rings is 2. The number of alkyl halides is 7. The fraction of sp³-hybridized carbons (Fsp3) is 0.167. The average molecular weight is 535 g/mol. The molecular weight excluding hydrogens is 518 g/mol. The summed E-state index contributed by atoms with van der Waals surface area (Å²) in [7, 11) is 0. The van der Waals surface area contributed by atoms with Gasteiger partial charge in [-0.15, -0.1) is 34.3 Å². The number of aliphatic hydroxyl groups excluding tert-OH is 1. The first-order valence-electron chi connectivity index (χ1n) is 9.72. The molecule has 1 nitrogen and oxygen atoms in total. The van der Waals surface area contributed by atoms with Crippen LogP contribution in [0.1, 0.15) is 19.5 Å². The first-order chi connectivity index (χ1) is 16.0. The van der Waals surface area contributed by atoms with Crippen molar-refractivity contribution in [2.45, 2.75) is 24.8 Å². The molecule has 0 aliphatic carbocycles. The van der Waals surface area contributed by atoms with E-state index in [1.807, 2.05) is 0 Å². The highest BCUT2D eigenvalue weighted by Gasteiger charge is 2.37. The van der Waals surface area contributed by atoms with Crippen molar-refractivity contribution < 1.29 is 31.4 Å². The van der Waals surface area contributed by atoms with Crippen LogP contribution in [0.25, 0.3) is 22.3 Å². The molecule has 0 saturated heterocycles. The van der Waals surface area contributed by atoms with Crippen LogP contribution in [0.15, 0.2) is 72.8 Å².